The average Bonchev–Trinajstić information content (AvgIpc) is 2.94. The van der Waals surface area contributed by atoms with E-state index in [1.54, 1.807) is 7.11 Å². The normalized spacial score (nSPS) is 14.4. The fourth-order valence-corrected chi connectivity index (χ4v) is 2.38. The number of carbonyl (C=O) groups excluding carboxylic acids is 1. The van der Waals surface area contributed by atoms with Crippen LogP contribution in [0.25, 0.3) is 0 Å². The third kappa shape index (κ3) is 4.72. The molecular formula is C16H24N2O3. The number of rotatable bonds is 8. The van der Waals surface area contributed by atoms with Crippen LogP contribution >= 0.6 is 0 Å². The van der Waals surface area contributed by atoms with Gasteiger partial charge in [0, 0.05) is 39.1 Å². The molecule has 0 saturated carbocycles. The van der Waals surface area contributed by atoms with Gasteiger partial charge in [-0.05, 0) is 24.1 Å². The fourth-order valence-electron chi connectivity index (χ4n) is 2.38. The molecule has 0 saturated heterocycles. The number of hydrogen-bond acceptors (Lipinski definition) is 4. The molecule has 1 atom stereocenters. The van der Waals surface area contributed by atoms with Crippen molar-refractivity contribution in [3.63, 3.8) is 0 Å². The van der Waals surface area contributed by atoms with E-state index in [1.165, 1.54) is 11.1 Å². The number of ether oxygens (including phenoxy) is 2. The predicted octanol–water partition coefficient (Wildman–Crippen LogP) is 1.42. The first-order valence-electron chi connectivity index (χ1n) is 7.45. The molecule has 1 aliphatic heterocycles. The van der Waals surface area contributed by atoms with Crippen molar-refractivity contribution in [1.82, 2.24) is 10.6 Å². The van der Waals surface area contributed by atoms with Crippen LogP contribution in [-0.2, 0) is 16.0 Å². The second kappa shape index (κ2) is 8.00. The summed E-state index contributed by atoms with van der Waals surface area (Å²) >= 11 is 0. The molecule has 1 aliphatic rings. The van der Waals surface area contributed by atoms with Gasteiger partial charge in [-0.15, -0.1) is 0 Å². The lowest BCUT2D eigenvalue weighted by Gasteiger charge is -2.15. The Bertz CT molecular complexity index is 477. The van der Waals surface area contributed by atoms with Gasteiger partial charge in [0.05, 0.1) is 13.2 Å². The molecule has 1 heterocycles. The molecule has 2 rings (SSSR count). The van der Waals surface area contributed by atoms with Crippen molar-refractivity contribution in [1.29, 1.82) is 0 Å². The van der Waals surface area contributed by atoms with Gasteiger partial charge in [-0.3, -0.25) is 4.79 Å². The van der Waals surface area contributed by atoms with E-state index in [1.807, 2.05) is 6.07 Å². The second-order valence-corrected chi connectivity index (χ2v) is 5.23. The highest BCUT2D eigenvalue weighted by atomic mass is 16.5. The Morgan fingerprint density at radius 2 is 2.29 bits per heavy atom. The summed E-state index contributed by atoms with van der Waals surface area (Å²) in [7, 11) is 1.62. The Morgan fingerprint density at radius 3 is 3.10 bits per heavy atom. The van der Waals surface area contributed by atoms with Gasteiger partial charge in [0.15, 0.2) is 0 Å². The fraction of sp³-hybridized carbons (Fsp3) is 0.562. The van der Waals surface area contributed by atoms with Gasteiger partial charge in [-0.1, -0.05) is 12.1 Å². The zero-order chi connectivity index (χ0) is 15.1. The molecule has 116 valence electrons. The van der Waals surface area contributed by atoms with Crippen LogP contribution in [0.1, 0.15) is 30.5 Å². The highest BCUT2D eigenvalue weighted by molar-refractivity contribution is 5.76. The number of methoxy groups -OCH3 is 1. The third-order valence-corrected chi connectivity index (χ3v) is 3.64. The van der Waals surface area contributed by atoms with E-state index >= 15 is 0 Å². The maximum absolute atomic E-state index is 11.6. The number of nitrogens with one attached hydrogen (secondary N) is 2. The van der Waals surface area contributed by atoms with Gasteiger partial charge in [0.1, 0.15) is 5.75 Å². The van der Waals surface area contributed by atoms with E-state index in [0.29, 0.717) is 26.1 Å². The van der Waals surface area contributed by atoms with Crippen molar-refractivity contribution in [3.05, 3.63) is 29.3 Å². The van der Waals surface area contributed by atoms with Gasteiger partial charge in [0.2, 0.25) is 5.91 Å². The van der Waals surface area contributed by atoms with Gasteiger partial charge < -0.3 is 20.1 Å². The van der Waals surface area contributed by atoms with Crippen molar-refractivity contribution in [2.24, 2.45) is 0 Å². The third-order valence-electron chi connectivity index (χ3n) is 3.64. The summed E-state index contributed by atoms with van der Waals surface area (Å²) in [5, 5.41) is 6.19. The number of hydrogen-bond donors (Lipinski definition) is 2. The van der Waals surface area contributed by atoms with Gasteiger partial charge >= 0.3 is 0 Å². The lowest BCUT2D eigenvalue weighted by molar-refractivity contribution is -0.121. The highest BCUT2D eigenvalue weighted by Gasteiger charge is 2.14. The molecule has 5 heteroatoms. The molecule has 2 N–H and O–H groups in total. The summed E-state index contributed by atoms with van der Waals surface area (Å²) in [4.78, 5) is 11.6. The molecule has 1 unspecified atom stereocenters. The Labute approximate surface area is 126 Å². The van der Waals surface area contributed by atoms with E-state index < -0.39 is 0 Å². The molecule has 21 heavy (non-hydrogen) atoms. The van der Waals surface area contributed by atoms with Crippen LogP contribution in [0, 0.1) is 0 Å². The SMILES string of the molecule is COCCNC(=O)CCNC(C)c1ccc2c(c1)CCO2. The lowest BCUT2D eigenvalue weighted by atomic mass is 10.0. The number of fused-ring (bicyclic) bond motifs is 1. The number of carbonyl (C=O) groups is 1. The van der Waals surface area contributed by atoms with E-state index in [4.69, 9.17) is 9.47 Å². The lowest BCUT2D eigenvalue weighted by Crippen LogP contribution is -2.30. The van der Waals surface area contributed by atoms with Crippen molar-refractivity contribution >= 4 is 5.91 Å². The molecule has 1 aromatic carbocycles. The molecule has 0 radical (unpaired) electrons. The predicted molar refractivity (Wildman–Crippen MR) is 81.6 cm³/mol. The van der Waals surface area contributed by atoms with Crippen LogP contribution in [0.15, 0.2) is 18.2 Å². The summed E-state index contributed by atoms with van der Waals surface area (Å²) in [6.45, 7) is 4.67. The monoisotopic (exact) mass is 292 g/mol. The molecule has 5 nitrogen and oxygen atoms in total. The van der Waals surface area contributed by atoms with Gasteiger partial charge in [0.25, 0.3) is 0 Å². The highest BCUT2D eigenvalue weighted by Crippen LogP contribution is 2.27. The number of amides is 1. The molecule has 1 amide bonds. The first-order valence-corrected chi connectivity index (χ1v) is 7.45. The van der Waals surface area contributed by atoms with Crippen molar-refractivity contribution < 1.29 is 14.3 Å². The van der Waals surface area contributed by atoms with Crippen molar-refractivity contribution in [3.8, 4) is 5.75 Å². The first-order chi connectivity index (χ1) is 10.2. The Morgan fingerprint density at radius 1 is 1.43 bits per heavy atom. The molecule has 0 spiro atoms. The Kier molecular flexibility index (Phi) is 6.02. The van der Waals surface area contributed by atoms with E-state index in [2.05, 4.69) is 29.7 Å². The largest absolute Gasteiger partial charge is 0.493 e. The minimum Gasteiger partial charge on any atom is -0.493 e. The number of benzene rings is 1. The van der Waals surface area contributed by atoms with E-state index in [9.17, 15) is 4.79 Å². The molecular weight excluding hydrogens is 268 g/mol. The van der Waals surface area contributed by atoms with E-state index in [-0.39, 0.29) is 11.9 Å². The van der Waals surface area contributed by atoms with Crippen molar-refractivity contribution in [2.75, 3.05) is 33.4 Å². The molecule has 0 fully saturated rings. The van der Waals surface area contributed by atoms with Crippen LogP contribution in [0.2, 0.25) is 0 Å². The minimum atomic E-state index is 0.0501. The topological polar surface area (TPSA) is 59.6 Å². The van der Waals surface area contributed by atoms with Crippen LogP contribution in [0.3, 0.4) is 0 Å². The Balaban J connectivity index is 1.72. The van der Waals surface area contributed by atoms with Crippen LogP contribution in [-0.4, -0.2) is 39.3 Å². The zero-order valence-corrected chi connectivity index (χ0v) is 12.8. The summed E-state index contributed by atoms with van der Waals surface area (Å²) in [5.41, 5.74) is 2.51. The molecule has 0 bridgehead atoms. The molecule has 0 aliphatic carbocycles. The summed E-state index contributed by atoms with van der Waals surface area (Å²) < 4.78 is 10.4. The smallest absolute Gasteiger partial charge is 0.221 e. The maximum Gasteiger partial charge on any atom is 0.221 e. The zero-order valence-electron chi connectivity index (χ0n) is 12.8. The molecule has 0 aromatic heterocycles. The summed E-state index contributed by atoms with van der Waals surface area (Å²) in [6, 6.07) is 6.54. The molecule has 1 aromatic rings. The van der Waals surface area contributed by atoms with Crippen LogP contribution in [0.5, 0.6) is 5.75 Å². The Hall–Kier alpha value is -1.59. The average molecular weight is 292 g/mol. The van der Waals surface area contributed by atoms with E-state index in [0.717, 1.165) is 18.8 Å². The van der Waals surface area contributed by atoms with Gasteiger partial charge in [-0.2, -0.15) is 0 Å². The van der Waals surface area contributed by atoms with Crippen LogP contribution in [0.4, 0.5) is 0 Å². The maximum atomic E-state index is 11.6. The minimum absolute atomic E-state index is 0.0501. The second-order valence-electron chi connectivity index (χ2n) is 5.23. The summed E-state index contributed by atoms with van der Waals surface area (Å²) in [6.07, 6.45) is 1.46. The quantitative estimate of drug-likeness (QED) is 0.712. The summed E-state index contributed by atoms with van der Waals surface area (Å²) in [5.74, 6) is 1.05. The van der Waals surface area contributed by atoms with Gasteiger partial charge in [-0.25, -0.2) is 0 Å². The first kappa shape index (κ1) is 15.8. The van der Waals surface area contributed by atoms with Crippen molar-refractivity contribution in [2.45, 2.75) is 25.8 Å². The standard InChI is InChI=1S/C16H24N2O3/c1-12(17-7-5-16(19)18-8-10-20-2)13-3-4-15-14(11-13)6-9-21-15/h3-4,11-12,17H,5-10H2,1-2H3,(H,18,19). The van der Waals surface area contributed by atoms with Crippen LogP contribution < -0.4 is 15.4 Å².